The van der Waals surface area contributed by atoms with Crippen molar-refractivity contribution in [3.8, 4) is 0 Å². The maximum atomic E-state index is 10.1. The Bertz CT molecular complexity index is 547. The molecule has 0 fully saturated rings. The Morgan fingerprint density at radius 2 is 2.30 bits per heavy atom. The molecule has 2 atom stereocenters. The van der Waals surface area contributed by atoms with Gasteiger partial charge in [0.2, 0.25) is 0 Å². The molecular formula is C17H31N5O. The van der Waals surface area contributed by atoms with Crippen molar-refractivity contribution in [1.82, 2.24) is 20.4 Å². The quantitative estimate of drug-likeness (QED) is 0.569. The van der Waals surface area contributed by atoms with Crippen molar-refractivity contribution in [2.24, 2.45) is 4.99 Å². The minimum Gasteiger partial charge on any atom is -0.388 e. The van der Waals surface area contributed by atoms with Crippen LogP contribution in [0.5, 0.6) is 0 Å². The lowest BCUT2D eigenvalue weighted by Gasteiger charge is -2.27. The van der Waals surface area contributed by atoms with Gasteiger partial charge in [0.05, 0.1) is 11.3 Å². The number of aryl methyl sites for hydroxylation is 1. The monoisotopic (exact) mass is 321 g/mol. The van der Waals surface area contributed by atoms with Crippen LogP contribution in [0.1, 0.15) is 57.8 Å². The van der Waals surface area contributed by atoms with E-state index in [9.17, 15) is 5.11 Å². The van der Waals surface area contributed by atoms with Crippen LogP contribution in [0.3, 0.4) is 0 Å². The predicted molar refractivity (Wildman–Crippen MR) is 93.8 cm³/mol. The van der Waals surface area contributed by atoms with Gasteiger partial charge in [-0.3, -0.25) is 9.67 Å². The number of nitrogens with zero attached hydrogens (tertiary/aromatic N) is 3. The molecule has 1 aliphatic carbocycles. The van der Waals surface area contributed by atoms with Crippen molar-refractivity contribution >= 4 is 5.96 Å². The number of guanidine groups is 1. The number of aromatic nitrogens is 2. The molecule has 6 heteroatoms. The highest BCUT2D eigenvalue weighted by Crippen LogP contribution is 2.21. The summed E-state index contributed by atoms with van der Waals surface area (Å²) in [5.74, 6) is 0.746. The van der Waals surface area contributed by atoms with Crippen LogP contribution in [-0.2, 0) is 12.8 Å². The van der Waals surface area contributed by atoms with E-state index >= 15 is 0 Å². The lowest BCUT2D eigenvalue weighted by Crippen LogP contribution is -2.49. The van der Waals surface area contributed by atoms with Crippen molar-refractivity contribution < 1.29 is 5.11 Å². The molecular weight excluding hydrogens is 290 g/mol. The minimum atomic E-state index is -0.715. The molecule has 23 heavy (non-hydrogen) atoms. The third-order valence-corrected chi connectivity index (χ3v) is 4.59. The number of aliphatic imine (C=N–C) groups is 1. The van der Waals surface area contributed by atoms with Gasteiger partial charge >= 0.3 is 0 Å². The maximum absolute atomic E-state index is 10.1. The molecule has 0 aliphatic heterocycles. The van der Waals surface area contributed by atoms with E-state index in [2.05, 4.69) is 40.4 Å². The summed E-state index contributed by atoms with van der Waals surface area (Å²) >= 11 is 0. The summed E-state index contributed by atoms with van der Waals surface area (Å²) in [6.45, 7) is 8.60. The van der Waals surface area contributed by atoms with Crippen molar-refractivity contribution in [3.05, 3.63) is 17.5 Å². The molecule has 1 aliphatic rings. The summed E-state index contributed by atoms with van der Waals surface area (Å²) in [5, 5.41) is 21.5. The summed E-state index contributed by atoms with van der Waals surface area (Å²) < 4.78 is 2.05. The molecule has 2 rings (SSSR count). The molecule has 1 aromatic heterocycles. The topological polar surface area (TPSA) is 74.5 Å². The van der Waals surface area contributed by atoms with Crippen LogP contribution < -0.4 is 10.6 Å². The van der Waals surface area contributed by atoms with Crippen molar-refractivity contribution in [3.63, 3.8) is 0 Å². The first-order valence-electron chi connectivity index (χ1n) is 8.61. The zero-order valence-electron chi connectivity index (χ0n) is 15.1. The van der Waals surface area contributed by atoms with E-state index in [0.717, 1.165) is 25.2 Å². The summed E-state index contributed by atoms with van der Waals surface area (Å²) in [4.78, 5) is 4.27. The Hall–Kier alpha value is -1.56. The standard InChI is InChI=1S/C17H31N5O/c1-6-17(4,23)11-19-16(18-5)20-14-8-7-13-10-22(12(2)3)21-15(13)9-14/h10,12,14,23H,6-9,11H2,1-5H3,(H2,18,19,20). The fourth-order valence-electron chi connectivity index (χ4n) is 2.69. The largest absolute Gasteiger partial charge is 0.388 e. The average Bonchev–Trinajstić information content (AvgIpc) is 2.95. The minimum absolute atomic E-state index is 0.329. The van der Waals surface area contributed by atoms with E-state index in [1.165, 1.54) is 11.3 Å². The van der Waals surface area contributed by atoms with Crippen LogP contribution in [0.25, 0.3) is 0 Å². The number of aliphatic hydroxyl groups is 1. The van der Waals surface area contributed by atoms with Gasteiger partial charge < -0.3 is 15.7 Å². The molecule has 1 heterocycles. The number of hydrogen-bond donors (Lipinski definition) is 3. The molecule has 0 saturated heterocycles. The maximum Gasteiger partial charge on any atom is 0.191 e. The van der Waals surface area contributed by atoms with Gasteiger partial charge in [0.15, 0.2) is 5.96 Å². The highest BCUT2D eigenvalue weighted by atomic mass is 16.3. The number of hydrogen-bond acceptors (Lipinski definition) is 3. The van der Waals surface area contributed by atoms with E-state index < -0.39 is 5.60 Å². The molecule has 0 bridgehead atoms. The molecule has 2 unspecified atom stereocenters. The summed E-state index contributed by atoms with van der Waals surface area (Å²) in [6, 6.07) is 0.730. The molecule has 0 aromatic carbocycles. The van der Waals surface area contributed by atoms with Gasteiger partial charge in [0.25, 0.3) is 0 Å². The third kappa shape index (κ3) is 4.70. The van der Waals surface area contributed by atoms with Crippen molar-refractivity contribution in [1.29, 1.82) is 0 Å². The summed E-state index contributed by atoms with van der Waals surface area (Å²) in [6.07, 6.45) is 5.92. The Morgan fingerprint density at radius 3 is 2.91 bits per heavy atom. The number of nitrogens with one attached hydrogen (secondary N) is 2. The Morgan fingerprint density at radius 1 is 1.57 bits per heavy atom. The Kier molecular flexibility index (Phi) is 5.68. The van der Waals surface area contributed by atoms with E-state index in [-0.39, 0.29) is 0 Å². The molecule has 0 spiro atoms. The third-order valence-electron chi connectivity index (χ3n) is 4.59. The second kappa shape index (κ2) is 7.34. The Balaban J connectivity index is 1.92. The fraction of sp³-hybridized carbons (Fsp3) is 0.765. The SMILES string of the molecule is CCC(C)(O)CNC(=NC)NC1CCc2cn(C(C)C)nc2C1. The van der Waals surface area contributed by atoms with Gasteiger partial charge in [-0.05, 0) is 45.6 Å². The van der Waals surface area contributed by atoms with Crippen LogP contribution >= 0.6 is 0 Å². The lowest BCUT2D eigenvalue weighted by molar-refractivity contribution is 0.0603. The predicted octanol–water partition coefficient (Wildman–Crippen LogP) is 1.65. The average molecular weight is 321 g/mol. The van der Waals surface area contributed by atoms with Gasteiger partial charge in [-0.25, -0.2) is 0 Å². The molecule has 130 valence electrons. The van der Waals surface area contributed by atoms with Crippen molar-refractivity contribution in [2.75, 3.05) is 13.6 Å². The smallest absolute Gasteiger partial charge is 0.191 e. The Labute approximate surface area is 139 Å². The number of rotatable bonds is 5. The molecule has 0 saturated carbocycles. The highest BCUT2D eigenvalue weighted by Gasteiger charge is 2.24. The summed E-state index contributed by atoms with van der Waals surface area (Å²) in [5.41, 5.74) is 1.85. The first-order valence-corrected chi connectivity index (χ1v) is 8.61. The first-order chi connectivity index (χ1) is 10.8. The van der Waals surface area contributed by atoms with Crippen LogP contribution in [-0.4, -0.2) is 46.1 Å². The molecule has 0 radical (unpaired) electrons. The van der Waals surface area contributed by atoms with Crippen LogP contribution in [0.4, 0.5) is 0 Å². The van der Waals surface area contributed by atoms with E-state index in [0.29, 0.717) is 25.0 Å². The van der Waals surface area contributed by atoms with Gasteiger partial charge in [0, 0.05) is 38.3 Å². The second-order valence-corrected chi connectivity index (χ2v) is 7.04. The van der Waals surface area contributed by atoms with E-state index in [1.54, 1.807) is 7.05 Å². The second-order valence-electron chi connectivity index (χ2n) is 7.04. The molecule has 6 nitrogen and oxygen atoms in total. The number of fused-ring (bicyclic) bond motifs is 1. The summed E-state index contributed by atoms with van der Waals surface area (Å²) in [7, 11) is 1.76. The van der Waals surface area contributed by atoms with E-state index in [4.69, 9.17) is 5.10 Å². The van der Waals surface area contributed by atoms with Gasteiger partial charge in [-0.1, -0.05) is 6.92 Å². The van der Waals surface area contributed by atoms with Crippen LogP contribution in [0.2, 0.25) is 0 Å². The van der Waals surface area contributed by atoms with E-state index in [1.807, 2.05) is 13.8 Å². The zero-order valence-corrected chi connectivity index (χ0v) is 15.1. The first kappa shape index (κ1) is 17.8. The van der Waals surface area contributed by atoms with Crippen LogP contribution in [0.15, 0.2) is 11.2 Å². The molecule has 0 amide bonds. The highest BCUT2D eigenvalue weighted by molar-refractivity contribution is 5.80. The molecule has 3 N–H and O–H groups in total. The lowest BCUT2D eigenvalue weighted by atomic mass is 9.94. The van der Waals surface area contributed by atoms with Gasteiger partial charge in [0.1, 0.15) is 0 Å². The van der Waals surface area contributed by atoms with Gasteiger partial charge in [-0.15, -0.1) is 0 Å². The van der Waals surface area contributed by atoms with Crippen LogP contribution in [0, 0.1) is 0 Å². The van der Waals surface area contributed by atoms with Crippen molar-refractivity contribution in [2.45, 2.75) is 71.1 Å². The normalized spacial score (nSPS) is 21.0. The zero-order chi connectivity index (χ0) is 17.0. The fourth-order valence-corrected chi connectivity index (χ4v) is 2.69. The molecule has 1 aromatic rings. The van der Waals surface area contributed by atoms with Gasteiger partial charge in [-0.2, -0.15) is 5.10 Å².